The quantitative estimate of drug-likeness (QED) is 0.301. The van der Waals surface area contributed by atoms with Crippen LogP contribution < -0.4 is 10.1 Å². The highest BCUT2D eigenvalue weighted by Gasteiger charge is 2.23. The van der Waals surface area contributed by atoms with Gasteiger partial charge in [0, 0.05) is 87.9 Å². The molecule has 0 unspecified atom stereocenters. The molecule has 2 aromatic heterocycles. The highest BCUT2D eigenvalue weighted by molar-refractivity contribution is 6.05. The van der Waals surface area contributed by atoms with Gasteiger partial charge in [0.05, 0.1) is 18.4 Å². The lowest BCUT2D eigenvalue weighted by Gasteiger charge is -2.34. The number of aromatic nitrogens is 2. The minimum absolute atomic E-state index is 0.164. The summed E-state index contributed by atoms with van der Waals surface area (Å²) in [6.45, 7) is 3.66. The van der Waals surface area contributed by atoms with Crippen molar-refractivity contribution in [1.29, 1.82) is 0 Å². The van der Waals surface area contributed by atoms with Gasteiger partial charge in [-0.15, -0.1) is 0 Å². The topological polar surface area (TPSA) is 114 Å². The normalized spacial score (nSPS) is 13.8. The van der Waals surface area contributed by atoms with E-state index in [4.69, 9.17) is 9.84 Å². The number of aromatic amines is 1. The molecular formula is C31H36N6O4. The van der Waals surface area contributed by atoms with Gasteiger partial charge in [0.25, 0.3) is 5.91 Å². The van der Waals surface area contributed by atoms with Gasteiger partial charge < -0.3 is 29.9 Å². The van der Waals surface area contributed by atoms with Crippen LogP contribution in [-0.2, 0) is 0 Å². The van der Waals surface area contributed by atoms with Gasteiger partial charge in [0.15, 0.2) is 0 Å². The van der Waals surface area contributed by atoms with Gasteiger partial charge >= 0.3 is 6.03 Å². The Morgan fingerprint density at radius 2 is 1.83 bits per heavy atom. The van der Waals surface area contributed by atoms with Gasteiger partial charge in [-0.2, -0.15) is 0 Å². The summed E-state index contributed by atoms with van der Waals surface area (Å²) in [5.41, 5.74) is 5.20. The molecule has 1 fully saturated rings. The second kappa shape index (κ2) is 12.4. The van der Waals surface area contributed by atoms with E-state index in [-0.39, 0.29) is 18.5 Å². The Morgan fingerprint density at radius 3 is 2.56 bits per heavy atom. The molecule has 10 nitrogen and oxygen atoms in total. The number of fused-ring (bicyclic) bond motifs is 1. The molecule has 1 aliphatic rings. The number of piperazine rings is 1. The number of aliphatic hydroxyl groups excluding tert-OH is 1. The summed E-state index contributed by atoms with van der Waals surface area (Å²) in [4.78, 5) is 39.8. The van der Waals surface area contributed by atoms with Crippen LogP contribution in [0.2, 0.25) is 0 Å². The average Bonchev–Trinajstić information content (AvgIpc) is 3.43. The van der Waals surface area contributed by atoms with Crippen LogP contribution in [0, 0.1) is 0 Å². The van der Waals surface area contributed by atoms with Crippen LogP contribution in [0.15, 0.2) is 60.9 Å². The number of ether oxygens (including phenoxy) is 1. The Morgan fingerprint density at radius 1 is 1.05 bits per heavy atom. The predicted molar refractivity (Wildman–Crippen MR) is 160 cm³/mol. The molecule has 0 aliphatic carbocycles. The highest BCUT2D eigenvalue weighted by Crippen LogP contribution is 2.36. The maximum Gasteiger partial charge on any atom is 0.321 e. The summed E-state index contributed by atoms with van der Waals surface area (Å²) in [6, 6.07) is 15.1. The van der Waals surface area contributed by atoms with Crippen molar-refractivity contribution in [2.45, 2.75) is 6.42 Å². The number of benzene rings is 2. The van der Waals surface area contributed by atoms with E-state index in [1.54, 1.807) is 38.4 Å². The van der Waals surface area contributed by atoms with Gasteiger partial charge in [-0.25, -0.2) is 9.78 Å². The second-order valence-electron chi connectivity index (χ2n) is 10.3. The molecule has 0 spiro atoms. The van der Waals surface area contributed by atoms with Crippen LogP contribution >= 0.6 is 0 Å². The molecule has 3 amide bonds. The first-order valence-corrected chi connectivity index (χ1v) is 13.8. The number of rotatable bonds is 8. The molecule has 1 aliphatic heterocycles. The molecule has 0 saturated carbocycles. The van der Waals surface area contributed by atoms with Crippen molar-refractivity contribution in [3.05, 3.63) is 66.5 Å². The van der Waals surface area contributed by atoms with Gasteiger partial charge in [-0.05, 0) is 36.2 Å². The molecule has 0 atom stereocenters. The number of hydrogen-bond donors (Lipinski definition) is 3. The van der Waals surface area contributed by atoms with Crippen LogP contribution in [0.25, 0.3) is 33.3 Å². The Balaban J connectivity index is 1.43. The lowest BCUT2D eigenvalue weighted by atomic mass is 9.99. The fourth-order valence-corrected chi connectivity index (χ4v) is 5.17. The Kier molecular flexibility index (Phi) is 8.51. The molecule has 3 heterocycles. The zero-order chi connectivity index (χ0) is 28.9. The van der Waals surface area contributed by atoms with E-state index in [1.807, 2.05) is 48.7 Å². The average molecular weight is 557 g/mol. The van der Waals surface area contributed by atoms with Gasteiger partial charge in [-0.3, -0.25) is 9.69 Å². The van der Waals surface area contributed by atoms with Crippen molar-refractivity contribution in [2.24, 2.45) is 0 Å². The summed E-state index contributed by atoms with van der Waals surface area (Å²) in [5.74, 6) is 0.561. The molecule has 10 heteroatoms. The Hall–Kier alpha value is -4.41. The zero-order valence-corrected chi connectivity index (χ0v) is 23.7. The number of para-hydroxylation sites is 1. The number of hydrogen-bond acceptors (Lipinski definition) is 6. The summed E-state index contributed by atoms with van der Waals surface area (Å²) in [5, 5.41) is 13.0. The maximum atomic E-state index is 13.2. The highest BCUT2D eigenvalue weighted by atomic mass is 16.5. The number of methoxy groups -OCH3 is 1. The van der Waals surface area contributed by atoms with E-state index >= 15 is 0 Å². The molecule has 4 aromatic rings. The molecule has 0 bridgehead atoms. The zero-order valence-electron chi connectivity index (χ0n) is 23.7. The van der Waals surface area contributed by atoms with Crippen molar-refractivity contribution in [1.82, 2.24) is 24.7 Å². The van der Waals surface area contributed by atoms with Crippen molar-refractivity contribution in [2.75, 3.05) is 65.9 Å². The van der Waals surface area contributed by atoms with E-state index in [0.29, 0.717) is 24.3 Å². The first-order chi connectivity index (χ1) is 19.9. The van der Waals surface area contributed by atoms with Gasteiger partial charge in [-0.1, -0.05) is 24.3 Å². The minimum atomic E-state index is -0.232. The smallest absolute Gasteiger partial charge is 0.321 e. The van der Waals surface area contributed by atoms with E-state index in [9.17, 15) is 9.59 Å². The van der Waals surface area contributed by atoms with E-state index < -0.39 is 0 Å². The maximum absolute atomic E-state index is 13.2. The van der Waals surface area contributed by atoms with E-state index in [1.165, 1.54) is 4.90 Å². The number of amides is 3. The number of carbonyl (C=O) groups is 2. The molecule has 3 N–H and O–H groups in total. The Bertz CT molecular complexity index is 1540. The number of aliphatic hydroxyl groups is 1. The molecule has 1 saturated heterocycles. The number of anilines is 1. The van der Waals surface area contributed by atoms with E-state index in [0.717, 1.165) is 65.1 Å². The standard InChI is InChI=1S/C31H36N6O4/c1-35(2)30(39)25-17-21(9-10-27(25)34-31(40)37-14-12-36(13-15-37)11-6-16-38)22-18-24-26(20-33-29(24)32-19-22)23-7-4-5-8-28(23)41-3/h4-5,7-10,17-20,38H,6,11-16H2,1-3H3,(H,32,33)(H,34,40). The van der Waals surface area contributed by atoms with Crippen LogP contribution in [0.3, 0.4) is 0 Å². The van der Waals surface area contributed by atoms with Gasteiger partial charge in [0.1, 0.15) is 11.4 Å². The molecule has 41 heavy (non-hydrogen) atoms. The summed E-state index contributed by atoms with van der Waals surface area (Å²) in [7, 11) is 5.04. The lowest BCUT2D eigenvalue weighted by Crippen LogP contribution is -2.50. The van der Waals surface area contributed by atoms with Crippen LogP contribution in [0.5, 0.6) is 5.75 Å². The van der Waals surface area contributed by atoms with Crippen molar-refractivity contribution >= 4 is 28.7 Å². The SMILES string of the molecule is COc1ccccc1-c1c[nH]c2ncc(-c3ccc(NC(=O)N4CCN(CCCO)CC4)c(C(=O)N(C)C)c3)cc12. The third kappa shape index (κ3) is 6.03. The summed E-state index contributed by atoms with van der Waals surface area (Å²) >= 11 is 0. The first-order valence-electron chi connectivity index (χ1n) is 13.8. The number of urea groups is 1. The first kappa shape index (κ1) is 28.1. The monoisotopic (exact) mass is 556 g/mol. The molecule has 214 valence electrons. The Labute approximate surface area is 239 Å². The van der Waals surface area contributed by atoms with Crippen molar-refractivity contribution in [3.8, 4) is 28.0 Å². The van der Waals surface area contributed by atoms with Crippen molar-refractivity contribution < 1.29 is 19.4 Å². The number of H-pyrrole nitrogens is 1. The van der Waals surface area contributed by atoms with Crippen LogP contribution in [0.4, 0.5) is 10.5 Å². The van der Waals surface area contributed by atoms with Crippen LogP contribution in [0.1, 0.15) is 16.8 Å². The fraction of sp³-hybridized carbons (Fsp3) is 0.323. The largest absolute Gasteiger partial charge is 0.496 e. The molecule has 2 aromatic carbocycles. The van der Waals surface area contributed by atoms with Gasteiger partial charge in [0.2, 0.25) is 0 Å². The second-order valence-corrected chi connectivity index (χ2v) is 10.3. The number of carbonyl (C=O) groups excluding carboxylic acids is 2. The molecule has 0 radical (unpaired) electrons. The fourth-order valence-electron chi connectivity index (χ4n) is 5.17. The van der Waals surface area contributed by atoms with E-state index in [2.05, 4.69) is 20.2 Å². The predicted octanol–water partition coefficient (Wildman–Crippen LogP) is 4.14. The van der Waals surface area contributed by atoms with Crippen molar-refractivity contribution in [3.63, 3.8) is 0 Å². The summed E-state index contributed by atoms with van der Waals surface area (Å²) < 4.78 is 5.58. The molecular weight excluding hydrogens is 520 g/mol. The number of pyridine rings is 1. The summed E-state index contributed by atoms with van der Waals surface area (Å²) in [6.07, 6.45) is 4.42. The third-order valence-corrected chi connectivity index (χ3v) is 7.45. The lowest BCUT2D eigenvalue weighted by molar-refractivity contribution is 0.0828. The van der Waals surface area contributed by atoms with Crippen LogP contribution in [-0.4, -0.2) is 102 Å². The number of nitrogens with zero attached hydrogens (tertiary/aromatic N) is 4. The third-order valence-electron chi connectivity index (χ3n) is 7.45. The minimum Gasteiger partial charge on any atom is -0.496 e. The number of nitrogens with one attached hydrogen (secondary N) is 2. The molecule has 5 rings (SSSR count).